The van der Waals surface area contributed by atoms with Gasteiger partial charge in [-0.3, -0.25) is 4.99 Å². The minimum absolute atomic E-state index is 0.200. The standard InChI is InChI=1S/C11H19FN2O/c1-3-4-9(12)10(13-2)11(15)5-7-14-8-6-11/h4,14-15H,3,5-8H2,1-2H3/b9-4+,13-10?. The number of halogens is 1. The molecule has 1 aliphatic rings. The summed E-state index contributed by atoms with van der Waals surface area (Å²) in [5.41, 5.74) is -0.888. The second-order valence-corrected chi connectivity index (χ2v) is 3.81. The smallest absolute Gasteiger partial charge is 0.143 e. The molecule has 1 fully saturated rings. The highest BCUT2D eigenvalue weighted by molar-refractivity contribution is 6.04. The summed E-state index contributed by atoms with van der Waals surface area (Å²) in [5.74, 6) is -0.385. The molecule has 1 rings (SSSR count). The maximum Gasteiger partial charge on any atom is 0.143 e. The van der Waals surface area contributed by atoms with E-state index in [1.165, 1.54) is 13.1 Å². The molecule has 4 heteroatoms. The Labute approximate surface area is 90.1 Å². The van der Waals surface area contributed by atoms with Crippen LogP contribution in [0, 0.1) is 0 Å². The first-order chi connectivity index (χ1) is 7.14. The van der Waals surface area contributed by atoms with Crippen molar-refractivity contribution in [1.82, 2.24) is 5.32 Å². The molecule has 15 heavy (non-hydrogen) atoms. The lowest BCUT2D eigenvalue weighted by Crippen LogP contribution is -2.48. The number of piperidine rings is 1. The predicted molar refractivity (Wildman–Crippen MR) is 59.9 cm³/mol. The van der Waals surface area contributed by atoms with E-state index >= 15 is 0 Å². The molecule has 0 saturated carbocycles. The molecular weight excluding hydrogens is 195 g/mol. The van der Waals surface area contributed by atoms with Gasteiger partial charge in [0.15, 0.2) is 0 Å². The fraction of sp³-hybridized carbons (Fsp3) is 0.727. The normalized spacial score (nSPS) is 22.9. The maximum atomic E-state index is 13.6. The van der Waals surface area contributed by atoms with Crippen molar-refractivity contribution in [2.24, 2.45) is 4.99 Å². The highest BCUT2D eigenvalue weighted by atomic mass is 19.1. The number of aliphatic imine (C=N–C) groups is 1. The Bertz CT molecular complexity index is 268. The second kappa shape index (κ2) is 5.37. The van der Waals surface area contributed by atoms with E-state index in [-0.39, 0.29) is 11.5 Å². The number of hydrogen-bond donors (Lipinski definition) is 2. The quantitative estimate of drug-likeness (QED) is 0.698. The van der Waals surface area contributed by atoms with Crippen LogP contribution in [0.1, 0.15) is 26.2 Å². The van der Waals surface area contributed by atoms with Crippen molar-refractivity contribution < 1.29 is 9.50 Å². The van der Waals surface area contributed by atoms with E-state index in [9.17, 15) is 9.50 Å². The molecule has 0 spiro atoms. The minimum atomic E-state index is -1.09. The van der Waals surface area contributed by atoms with Gasteiger partial charge in [0.1, 0.15) is 17.1 Å². The number of allylic oxidation sites excluding steroid dienone is 1. The van der Waals surface area contributed by atoms with Crippen LogP contribution in [0.3, 0.4) is 0 Å². The Balaban J connectivity index is 2.86. The van der Waals surface area contributed by atoms with Gasteiger partial charge in [-0.2, -0.15) is 0 Å². The van der Waals surface area contributed by atoms with Gasteiger partial charge in [-0.05, 0) is 38.4 Å². The highest BCUT2D eigenvalue weighted by Crippen LogP contribution is 2.24. The molecule has 0 radical (unpaired) electrons. The summed E-state index contributed by atoms with van der Waals surface area (Å²) in [5, 5.41) is 13.4. The largest absolute Gasteiger partial charge is 0.383 e. The summed E-state index contributed by atoms with van der Waals surface area (Å²) in [6.07, 6.45) is 3.11. The van der Waals surface area contributed by atoms with Crippen molar-refractivity contribution in [3.63, 3.8) is 0 Å². The molecule has 0 aromatic carbocycles. The van der Waals surface area contributed by atoms with Crippen LogP contribution >= 0.6 is 0 Å². The molecule has 0 aromatic rings. The average molecular weight is 214 g/mol. The van der Waals surface area contributed by atoms with E-state index in [1.807, 2.05) is 6.92 Å². The number of rotatable bonds is 3. The van der Waals surface area contributed by atoms with E-state index in [0.29, 0.717) is 32.4 Å². The van der Waals surface area contributed by atoms with Gasteiger partial charge in [0.25, 0.3) is 0 Å². The van der Waals surface area contributed by atoms with Gasteiger partial charge in [0, 0.05) is 7.05 Å². The van der Waals surface area contributed by atoms with E-state index < -0.39 is 5.60 Å². The van der Waals surface area contributed by atoms with E-state index in [4.69, 9.17) is 0 Å². The van der Waals surface area contributed by atoms with Crippen molar-refractivity contribution in [1.29, 1.82) is 0 Å². The molecule has 0 bridgehead atoms. The lowest BCUT2D eigenvalue weighted by molar-refractivity contribution is 0.0769. The maximum absolute atomic E-state index is 13.6. The summed E-state index contributed by atoms with van der Waals surface area (Å²) < 4.78 is 13.6. The number of aliphatic hydroxyl groups is 1. The zero-order chi connectivity index (χ0) is 11.3. The first kappa shape index (κ1) is 12.3. The van der Waals surface area contributed by atoms with E-state index in [1.54, 1.807) is 0 Å². The molecule has 0 atom stereocenters. The van der Waals surface area contributed by atoms with Crippen molar-refractivity contribution in [3.05, 3.63) is 11.9 Å². The van der Waals surface area contributed by atoms with Crippen LogP contribution in [-0.4, -0.2) is 36.6 Å². The van der Waals surface area contributed by atoms with Crippen molar-refractivity contribution in [2.75, 3.05) is 20.1 Å². The molecule has 86 valence electrons. The SMILES string of the molecule is CC/C=C(/F)C(=NC)C1(O)CCNCC1. The van der Waals surface area contributed by atoms with E-state index in [0.717, 1.165) is 0 Å². The Hall–Kier alpha value is -0.740. The summed E-state index contributed by atoms with van der Waals surface area (Å²) in [7, 11) is 1.53. The predicted octanol–water partition coefficient (Wildman–Crippen LogP) is 1.44. The molecular formula is C11H19FN2O. The second-order valence-electron chi connectivity index (χ2n) is 3.81. The van der Waals surface area contributed by atoms with Gasteiger partial charge in [-0.25, -0.2) is 4.39 Å². The van der Waals surface area contributed by atoms with Crippen LogP contribution in [-0.2, 0) is 0 Å². The molecule has 0 aromatic heterocycles. The van der Waals surface area contributed by atoms with Crippen LogP contribution in [0.15, 0.2) is 16.9 Å². The molecule has 1 heterocycles. The Morgan fingerprint density at radius 1 is 1.53 bits per heavy atom. The van der Waals surface area contributed by atoms with Crippen molar-refractivity contribution >= 4 is 5.71 Å². The molecule has 0 unspecified atom stereocenters. The summed E-state index contributed by atoms with van der Waals surface area (Å²) in [6, 6.07) is 0. The molecule has 0 amide bonds. The number of hydrogen-bond acceptors (Lipinski definition) is 3. The number of nitrogens with one attached hydrogen (secondary N) is 1. The zero-order valence-corrected chi connectivity index (χ0v) is 9.39. The van der Waals surface area contributed by atoms with Crippen LogP contribution in [0.2, 0.25) is 0 Å². The fourth-order valence-electron chi connectivity index (χ4n) is 1.89. The minimum Gasteiger partial charge on any atom is -0.383 e. The third-order valence-electron chi connectivity index (χ3n) is 2.70. The van der Waals surface area contributed by atoms with Crippen molar-refractivity contribution in [3.8, 4) is 0 Å². The fourth-order valence-corrected chi connectivity index (χ4v) is 1.89. The highest BCUT2D eigenvalue weighted by Gasteiger charge is 2.36. The number of nitrogens with zero attached hydrogens (tertiary/aromatic N) is 1. The van der Waals surface area contributed by atoms with Gasteiger partial charge in [-0.1, -0.05) is 6.92 Å². The average Bonchev–Trinajstić information content (AvgIpc) is 2.19. The summed E-state index contributed by atoms with van der Waals surface area (Å²) in [4.78, 5) is 3.90. The third kappa shape index (κ3) is 2.86. The van der Waals surface area contributed by atoms with Crippen LogP contribution in [0.25, 0.3) is 0 Å². The topological polar surface area (TPSA) is 44.6 Å². The third-order valence-corrected chi connectivity index (χ3v) is 2.70. The lowest BCUT2D eigenvalue weighted by atomic mass is 9.86. The van der Waals surface area contributed by atoms with Gasteiger partial charge in [0.05, 0.1) is 0 Å². The Morgan fingerprint density at radius 3 is 2.60 bits per heavy atom. The van der Waals surface area contributed by atoms with Gasteiger partial charge in [0.2, 0.25) is 0 Å². The first-order valence-corrected chi connectivity index (χ1v) is 5.40. The summed E-state index contributed by atoms with van der Waals surface area (Å²) >= 11 is 0. The van der Waals surface area contributed by atoms with Gasteiger partial charge < -0.3 is 10.4 Å². The van der Waals surface area contributed by atoms with Crippen molar-refractivity contribution in [2.45, 2.75) is 31.8 Å². The molecule has 1 aliphatic heterocycles. The molecule has 2 N–H and O–H groups in total. The molecule has 3 nitrogen and oxygen atoms in total. The van der Waals surface area contributed by atoms with Gasteiger partial charge in [-0.15, -0.1) is 0 Å². The van der Waals surface area contributed by atoms with Crippen LogP contribution in [0.4, 0.5) is 4.39 Å². The van der Waals surface area contributed by atoms with Crippen LogP contribution < -0.4 is 5.32 Å². The molecule has 0 aliphatic carbocycles. The lowest BCUT2D eigenvalue weighted by Gasteiger charge is -2.33. The molecule has 1 saturated heterocycles. The zero-order valence-electron chi connectivity index (χ0n) is 9.39. The van der Waals surface area contributed by atoms with Crippen LogP contribution in [0.5, 0.6) is 0 Å². The monoisotopic (exact) mass is 214 g/mol. The Morgan fingerprint density at radius 2 is 2.13 bits per heavy atom. The van der Waals surface area contributed by atoms with E-state index in [2.05, 4.69) is 10.3 Å². The van der Waals surface area contributed by atoms with Gasteiger partial charge >= 0.3 is 0 Å². The first-order valence-electron chi connectivity index (χ1n) is 5.40. The Kier molecular flexibility index (Phi) is 4.42. The summed E-state index contributed by atoms with van der Waals surface area (Å²) in [6.45, 7) is 3.27.